The minimum atomic E-state index is 0.173. The summed E-state index contributed by atoms with van der Waals surface area (Å²) in [4.78, 5) is 12.5. The highest BCUT2D eigenvalue weighted by atomic mass is 16.6. The Morgan fingerprint density at radius 2 is 1.96 bits per heavy atom. The first kappa shape index (κ1) is 16.3. The van der Waals surface area contributed by atoms with E-state index in [9.17, 15) is 0 Å². The molecule has 1 aromatic heterocycles. The van der Waals surface area contributed by atoms with Crippen molar-refractivity contribution in [1.29, 1.82) is 0 Å². The van der Waals surface area contributed by atoms with Gasteiger partial charge >= 0.3 is 0 Å². The molecular formula is C19H24N4O2. The van der Waals surface area contributed by atoms with E-state index >= 15 is 0 Å². The molecule has 3 heterocycles. The lowest BCUT2D eigenvalue weighted by atomic mass is 9.93. The number of piperidine rings is 1. The van der Waals surface area contributed by atoms with E-state index in [0.29, 0.717) is 11.8 Å². The molecule has 6 heteroatoms. The normalized spacial score (nSPS) is 22.0. The van der Waals surface area contributed by atoms with E-state index in [1.54, 1.807) is 0 Å². The first-order valence-corrected chi connectivity index (χ1v) is 9.06. The molecule has 0 bridgehead atoms. The largest absolute Gasteiger partial charge is 0.390 e. The third-order valence-electron chi connectivity index (χ3n) is 5.05. The second-order valence-electron chi connectivity index (χ2n) is 7.01. The van der Waals surface area contributed by atoms with Gasteiger partial charge in [-0.25, -0.2) is 0 Å². The van der Waals surface area contributed by atoms with Crippen LogP contribution in [0.4, 0.5) is 0 Å². The molecule has 25 heavy (non-hydrogen) atoms. The Bertz CT molecular complexity index is 720. The van der Waals surface area contributed by atoms with Crippen LogP contribution in [0.25, 0.3) is 0 Å². The molecular weight excluding hydrogens is 316 g/mol. The number of likely N-dealkylation sites (tertiary alicyclic amines) is 1. The van der Waals surface area contributed by atoms with Crippen molar-refractivity contribution in [3.8, 4) is 0 Å². The maximum Gasteiger partial charge on any atom is 0.223 e. The van der Waals surface area contributed by atoms with Crippen molar-refractivity contribution in [1.82, 2.24) is 15.0 Å². The van der Waals surface area contributed by atoms with Gasteiger partial charge in [-0.3, -0.25) is 4.90 Å². The van der Waals surface area contributed by atoms with Gasteiger partial charge in [0.15, 0.2) is 5.82 Å². The van der Waals surface area contributed by atoms with Gasteiger partial charge in [0.1, 0.15) is 6.10 Å². The van der Waals surface area contributed by atoms with Gasteiger partial charge in [-0.05, 0) is 37.4 Å². The highest BCUT2D eigenvalue weighted by Crippen LogP contribution is 2.23. The number of oxime groups is 1. The fraction of sp³-hybridized carbons (Fsp3) is 0.526. The van der Waals surface area contributed by atoms with Crippen LogP contribution in [0.5, 0.6) is 0 Å². The van der Waals surface area contributed by atoms with E-state index in [-0.39, 0.29) is 6.10 Å². The SMILES string of the molecule is Cc1nc(CC2CCN(C[C@H]3CC(c4ccccc4)=NO3)CC2)no1. The fourth-order valence-electron chi connectivity index (χ4n) is 3.67. The summed E-state index contributed by atoms with van der Waals surface area (Å²) in [7, 11) is 0. The van der Waals surface area contributed by atoms with Gasteiger partial charge in [0.2, 0.25) is 5.89 Å². The van der Waals surface area contributed by atoms with Gasteiger partial charge < -0.3 is 9.36 Å². The summed E-state index contributed by atoms with van der Waals surface area (Å²) in [5.41, 5.74) is 2.23. The summed E-state index contributed by atoms with van der Waals surface area (Å²) in [6, 6.07) is 10.3. The van der Waals surface area contributed by atoms with Gasteiger partial charge in [0.25, 0.3) is 0 Å². The Morgan fingerprint density at radius 1 is 1.16 bits per heavy atom. The van der Waals surface area contributed by atoms with Gasteiger partial charge in [-0.2, -0.15) is 4.98 Å². The maximum atomic E-state index is 5.66. The molecule has 4 rings (SSSR count). The zero-order valence-electron chi connectivity index (χ0n) is 14.6. The molecule has 1 aromatic carbocycles. The molecule has 2 aromatic rings. The zero-order chi connectivity index (χ0) is 17.1. The number of nitrogens with zero attached hydrogens (tertiary/aromatic N) is 4. The molecule has 1 saturated heterocycles. The summed E-state index contributed by atoms with van der Waals surface area (Å²) >= 11 is 0. The summed E-state index contributed by atoms with van der Waals surface area (Å²) in [5.74, 6) is 2.14. The Balaban J connectivity index is 1.22. The van der Waals surface area contributed by atoms with Crippen LogP contribution < -0.4 is 0 Å². The number of aromatic nitrogens is 2. The fourth-order valence-corrected chi connectivity index (χ4v) is 3.67. The van der Waals surface area contributed by atoms with Crippen LogP contribution in [0, 0.1) is 12.8 Å². The third kappa shape index (κ3) is 4.07. The van der Waals surface area contributed by atoms with Gasteiger partial charge in [0.05, 0.1) is 5.71 Å². The van der Waals surface area contributed by atoms with Crippen LogP contribution in [-0.4, -0.2) is 46.5 Å². The molecule has 0 amide bonds. The highest BCUT2D eigenvalue weighted by Gasteiger charge is 2.27. The van der Waals surface area contributed by atoms with Crippen LogP contribution in [0.3, 0.4) is 0 Å². The molecule has 2 aliphatic heterocycles. The Kier molecular flexibility index (Phi) is 4.78. The molecule has 0 saturated carbocycles. The first-order valence-electron chi connectivity index (χ1n) is 9.06. The smallest absolute Gasteiger partial charge is 0.223 e. The summed E-state index contributed by atoms with van der Waals surface area (Å²) in [6.45, 7) is 4.99. The lowest BCUT2D eigenvalue weighted by molar-refractivity contribution is 0.0418. The number of benzene rings is 1. The van der Waals surface area contributed by atoms with Crippen LogP contribution in [-0.2, 0) is 11.3 Å². The van der Waals surface area contributed by atoms with Crippen molar-refractivity contribution in [3.63, 3.8) is 0 Å². The Hall–Kier alpha value is -2.21. The van der Waals surface area contributed by atoms with Crippen molar-refractivity contribution >= 4 is 5.71 Å². The topological polar surface area (TPSA) is 63.8 Å². The molecule has 0 radical (unpaired) electrons. The van der Waals surface area contributed by atoms with E-state index in [0.717, 1.165) is 44.0 Å². The molecule has 0 N–H and O–H groups in total. The minimum Gasteiger partial charge on any atom is -0.390 e. The van der Waals surface area contributed by atoms with Crippen molar-refractivity contribution in [3.05, 3.63) is 47.6 Å². The average Bonchev–Trinajstić information content (AvgIpc) is 3.27. The molecule has 0 unspecified atom stereocenters. The van der Waals surface area contributed by atoms with Crippen molar-refractivity contribution in [2.75, 3.05) is 19.6 Å². The molecule has 0 aliphatic carbocycles. The van der Waals surface area contributed by atoms with Crippen LogP contribution in [0.1, 0.15) is 36.5 Å². The van der Waals surface area contributed by atoms with Crippen molar-refractivity contribution in [2.24, 2.45) is 11.1 Å². The molecule has 1 atom stereocenters. The van der Waals surface area contributed by atoms with Gasteiger partial charge in [0, 0.05) is 26.3 Å². The molecule has 132 valence electrons. The standard InChI is InChI=1S/C19H24N4O2/c1-14-20-19(22-24-14)11-15-7-9-23(10-8-15)13-17-12-18(21-25-17)16-5-3-2-4-6-16/h2-6,15,17H,7-13H2,1H3/t17-/m1/s1. The lowest BCUT2D eigenvalue weighted by Gasteiger charge is -2.32. The third-order valence-corrected chi connectivity index (χ3v) is 5.05. The molecule has 2 aliphatic rings. The van der Waals surface area contributed by atoms with Crippen molar-refractivity contribution < 1.29 is 9.36 Å². The average molecular weight is 340 g/mol. The van der Waals surface area contributed by atoms with E-state index in [1.165, 1.54) is 18.4 Å². The maximum absolute atomic E-state index is 5.66. The Morgan fingerprint density at radius 3 is 2.68 bits per heavy atom. The lowest BCUT2D eigenvalue weighted by Crippen LogP contribution is -2.39. The highest BCUT2D eigenvalue weighted by molar-refractivity contribution is 6.01. The van der Waals surface area contributed by atoms with Crippen LogP contribution >= 0.6 is 0 Å². The molecule has 0 spiro atoms. The number of hydrogen-bond acceptors (Lipinski definition) is 6. The minimum absolute atomic E-state index is 0.173. The van der Waals surface area contributed by atoms with Crippen LogP contribution in [0.15, 0.2) is 40.0 Å². The second-order valence-corrected chi connectivity index (χ2v) is 7.01. The predicted octanol–water partition coefficient (Wildman–Crippen LogP) is 2.83. The van der Waals surface area contributed by atoms with E-state index in [4.69, 9.17) is 9.36 Å². The number of aryl methyl sites for hydroxylation is 1. The van der Waals surface area contributed by atoms with E-state index < -0.39 is 0 Å². The Labute approximate surface area is 147 Å². The monoisotopic (exact) mass is 340 g/mol. The number of rotatable bonds is 5. The first-order chi connectivity index (χ1) is 12.3. The summed E-state index contributed by atoms with van der Waals surface area (Å²) in [6.07, 6.45) is 4.34. The number of hydrogen-bond donors (Lipinski definition) is 0. The van der Waals surface area contributed by atoms with Crippen LogP contribution in [0.2, 0.25) is 0 Å². The molecule has 6 nitrogen and oxygen atoms in total. The zero-order valence-corrected chi connectivity index (χ0v) is 14.6. The summed E-state index contributed by atoms with van der Waals surface area (Å²) < 4.78 is 5.06. The molecule has 1 fully saturated rings. The quantitative estimate of drug-likeness (QED) is 0.837. The van der Waals surface area contributed by atoms with Gasteiger partial charge in [-0.15, -0.1) is 0 Å². The second kappa shape index (κ2) is 7.35. The van der Waals surface area contributed by atoms with E-state index in [1.807, 2.05) is 25.1 Å². The predicted molar refractivity (Wildman–Crippen MR) is 94.4 cm³/mol. The van der Waals surface area contributed by atoms with E-state index in [2.05, 4.69) is 32.3 Å². The van der Waals surface area contributed by atoms with Gasteiger partial charge in [-0.1, -0.05) is 40.6 Å². The summed E-state index contributed by atoms with van der Waals surface area (Å²) in [5, 5.41) is 8.30. The van der Waals surface area contributed by atoms with Crippen molar-refractivity contribution in [2.45, 2.75) is 38.7 Å².